The first-order chi connectivity index (χ1) is 11.7. The Labute approximate surface area is 145 Å². The number of imidazole rings is 1. The molecule has 0 atom stereocenters. The second-order valence-electron chi connectivity index (χ2n) is 6.73. The lowest BCUT2D eigenvalue weighted by Crippen LogP contribution is -2.55. The van der Waals surface area contributed by atoms with Crippen LogP contribution >= 0.6 is 0 Å². The van der Waals surface area contributed by atoms with Gasteiger partial charge in [0.05, 0.1) is 12.9 Å². The number of rotatable bonds is 9. The lowest BCUT2D eigenvalue weighted by atomic mass is 9.85. The lowest BCUT2D eigenvalue weighted by molar-refractivity contribution is -0.132. The highest BCUT2D eigenvalue weighted by Crippen LogP contribution is 2.31. The molecule has 24 heavy (non-hydrogen) atoms. The van der Waals surface area contributed by atoms with Gasteiger partial charge >= 0.3 is 0 Å². The van der Waals surface area contributed by atoms with E-state index in [0.717, 1.165) is 38.4 Å². The molecule has 0 unspecified atom stereocenters. The van der Waals surface area contributed by atoms with Crippen LogP contribution in [0.15, 0.2) is 18.7 Å². The summed E-state index contributed by atoms with van der Waals surface area (Å²) in [5.74, 6) is 0.834. The summed E-state index contributed by atoms with van der Waals surface area (Å²) in [4.78, 5) is 19.6. The smallest absolute Gasteiger partial charge is 0.246 e. The van der Waals surface area contributed by atoms with Crippen molar-refractivity contribution in [3.8, 4) is 0 Å². The molecule has 2 heterocycles. The third-order valence-corrected chi connectivity index (χ3v) is 5.37. The fraction of sp³-hybridized carbons (Fsp3) is 0.778. The zero-order valence-electron chi connectivity index (χ0n) is 15.3. The van der Waals surface area contributed by atoms with Crippen molar-refractivity contribution in [1.29, 1.82) is 0 Å². The van der Waals surface area contributed by atoms with E-state index in [1.54, 1.807) is 19.6 Å². The molecule has 136 valence electrons. The Kier molecular flexibility index (Phi) is 7.24. The van der Waals surface area contributed by atoms with Gasteiger partial charge in [0.2, 0.25) is 5.91 Å². The van der Waals surface area contributed by atoms with Crippen molar-refractivity contribution in [1.82, 2.24) is 19.8 Å². The van der Waals surface area contributed by atoms with Crippen LogP contribution < -0.4 is 5.32 Å². The Bertz CT molecular complexity index is 477. The van der Waals surface area contributed by atoms with Crippen molar-refractivity contribution in [2.45, 2.75) is 45.1 Å². The van der Waals surface area contributed by atoms with Crippen molar-refractivity contribution in [3.63, 3.8) is 0 Å². The van der Waals surface area contributed by atoms with Crippen molar-refractivity contribution in [3.05, 3.63) is 18.7 Å². The van der Waals surface area contributed by atoms with Crippen LogP contribution in [0.4, 0.5) is 0 Å². The maximum atomic E-state index is 12.9. The van der Waals surface area contributed by atoms with Gasteiger partial charge in [-0.3, -0.25) is 4.79 Å². The minimum absolute atomic E-state index is 0.0831. The van der Waals surface area contributed by atoms with Crippen molar-refractivity contribution in [2.75, 3.05) is 39.9 Å². The van der Waals surface area contributed by atoms with Crippen LogP contribution in [0.2, 0.25) is 0 Å². The van der Waals surface area contributed by atoms with Crippen LogP contribution in [0.25, 0.3) is 0 Å². The minimum Gasteiger partial charge on any atom is -0.383 e. The summed E-state index contributed by atoms with van der Waals surface area (Å²) in [5, 5.41) is 3.03. The van der Waals surface area contributed by atoms with E-state index in [1.807, 2.05) is 10.8 Å². The van der Waals surface area contributed by atoms with E-state index in [2.05, 4.69) is 29.0 Å². The van der Waals surface area contributed by atoms with Crippen LogP contribution in [0.3, 0.4) is 0 Å². The molecule has 0 bridgehead atoms. The molecular weight excluding hydrogens is 304 g/mol. The normalized spacial score (nSPS) is 18.0. The number of carbonyl (C=O) groups is 1. The van der Waals surface area contributed by atoms with Gasteiger partial charge in [-0.2, -0.15) is 0 Å². The molecule has 1 fully saturated rings. The highest BCUT2D eigenvalue weighted by molar-refractivity contribution is 5.84. The second kappa shape index (κ2) is 9.18. The average molecular weight is 336 g/mol. The molecule has 0 spiro atoms. The summed E-state index contributed by atoms with van der Waals surface area (Å²) in [6, 6.07) is 0. The van der Waals surface area contributed by atoms with Crippen molar-refractivity contribution in [2.24, 2.45) is 5.92 Å². The minimum atomic E-state index is -0.519. The predicted octanol–water partition coefficient (Wildman–Crippen LogP) is 1.87. The molecule has 1 aliphatic rings. The Hall–Kier alpha value is -1.40. The summed E-state index contributed by atoms with van der Waals surface area (Å²) in [6.07, 6.45) is 9.51. The second-order valence-corrected chi connectivity index (χ2v) is 6.73. The number of methoxy groups -OCH3 is 1. The molecule has 0 radical (unpaired) electrons. The molecule has 0 aromatic carbocycles. The summed E-state index contributed by atoms with van der Waals surface area (Å²) in [5.41, 5.74) is -0.519. The molecule has 2 rings (SSSR count). The van der Waals surface area contributed by atoms with Gasteiger partial charge in [0.1, 0.15) is 5.54 Å². The van der Waals surface area contributed by atoms with Gasteiger partial charge < -0.3 is 19.5 Å². The van der Waals surface area contributed by atoms with E-state index in [1.165, 1.54) is 12.8 Å². The number of likely N-dealkylation sites (tertiary alicyclic amines) is 1. The molecular formula is C18H32N4O2. The molecule has 1 saturated heterocycles. The van der Waals surface area contributed by atoms with E-state index in [4.69, 9.17) is 4.74 Å². The standard InChI is InChI=1S/C18H32N4O2/c1-4-16(5-2)14-21-10-6-18(7-11-21,22-12-8-19-15-22)17(23)20-9-13-24-3/h8,12,15-16H,4-7,9-11,13-14H2,1-3H3,(H,20,23). The maximum absolute atomic E-state index is 12.9. The molecule has 1 aromatic heterocycles. The van der Waals surface area contributed by atoms with Crippen LogP contribution in [-0.4, -0.2) is 60.3 Å². The first kappa shape index (κ1) is 18.9. The van der Waals surface area contributed by atoms with E-state index >= 15 is 0 Å². The van der Waals surface area contributed by atoms with Crippen LogP contribution in [0.1, 0.15) is 39.5 Å². The third kappa shape index (κ3) is 4.36. The van der Waals surface area contributed by atoms with Crippen LogP contribution in [0.5, 0.6) is 0 Å². The molecule has 1 amide bonds. The summed E-state index contributed by atoms with van der Waals surface area (Å²) in [7, 11) is 1.65. The maximum Gasteiger partial charge on any atom is 0.246 e. The quantitative estimate of drug-likeness (QED) is 0.700. The zero-order valence-corrected chi connectivity index (χ0v) is 15.3. The number of piperidine rings is 1. The number of ether oxygens (including phenoxy) is 1. The predicted molar refractivity (Wildman–Crippen MR) is 94.8 cm³/mol. The zero-order chi connectivity index (χ0) is 17.4. The average Bonchev–Trinajstić information content (AvgIpc) is 3.15. The van der Waals surface area contributed by atoms with Gasteiger partial charge in [-0.05, 0) is 18.8 Å². The van der Waals surface area contributed by atoms with Gasteiger partial charge in [-0.1, -0.05) is 26.7 Å². The SMILES string of the molecule is CCC(CC)CN1CCC(C(=O)NCCOC)(n2ccnc2)CC1. The summed E-state index contributed by atoms with van der Waals surface area (Å²) < 4.78 is 7.04. The van der Waals surface area contributed by atoms with Crippen LogP contribution in [0, 0.1) is 5.92 Å². The van der Waals surface area contributed by atoms with Gasteiger partial charge in [-0.25, -0.2) is 4.98 Å². The first-order valence-electron chi connectivity index (χ1n) is 9.14. The number of carbonyl (C=O) groups excluding carboxylic acids is 1. The monoisotopic (exact) mass is 336 g/mol. The van der Waals surface area contributed by atoms with E-state index in [9.17, 15) is 4.79 Å². The third-order valence-electron chi connectivity index (χ3n) is 5.37. The molecule has 1 aliphatic heterocycles. The van der Waals surface area contributed by atoms with Gasteiger partial charge in [-0.15, -0.1) is 0 Å². The highest BCUT2D eigenvalue weighted by atomic mass is 16.5. The van der Waals surface area contributed by atoms with E-state index < -0.39 is 5.54 Å². The lowest BCUT2D eigenvalue weighted by Gasteiger charge is -2.42. The number of hydrogen-bond donors (Lipinski definition) is 1. The molecule has 6 nitrogen and oxygen atoms in total. The van der Waals surface area contributed by atoms with Gasteiger partial charge in [0.25, 0.3) is 0 Å². The number of hydrogen-bond acceptors (Lipinski definition) is 4. The molecule has 0 aliphatic carbocycles. The Morgan fingerprint density at radius 2 is 2.04 bits per heavy atom. The molecule has 1 N–H and O–H groups in total. The van der Waals surface area contributed by atoms with Gasteiger partial charge in [0, 0.05) is 45.7 Å². The summed E-state index contributed by atoms with van der Waals surface area (Å²) in [6.45, 7) is 8.64. The molecule has 0 saturated carbocycles. The topological polar surface area (TPSA) is 59.4 Å². The number of nitrogens with zero attached hydrogens (tertiary/aromatic N) is 3. The number of aromatic nitrogens is 2. The Balaban J connectivity index is 2.03. The molecule has 6 heteroatoms. The fourth-order valence-electron chi connectivity index (χ4n) is 3.56. The van der Waals surface area contributed by atoms with Crippen molar-refractivity contribution < 1.29 is 9.53 Å². The van der Waals surface area contributed by atoms with E-state index in [0.29, 0.717) is 13.2 Å². The fourth-order valence-corrected chi connectivity index (χ4v) is 3.56. The first-order valence-corrected chi connectivity index (χ1v) is 9.14. The van der Waals surface area contributed by atoms with E-state index in [-0.39, 0.29) is 5.91 Å². The van der Waals surface area contributed by atoms with Crippen LogP contribution in [-0.2, 0) is 15.1 Å². The summed E-state index contributed by atoms with van der Waals surface area (Å²) >= 11 is 0. The Morgan fingerprint density at radius 3 is 2.58 bits per heavy atom. The molecule has 1 aromatic rings. The number of nitrogens with one attached hydrogen (secondary N) is 1. The van der Waals surface area contributed by atoms with Gasteiger partial charge in [0.15, 0.2) is 0 Å². The number of amides is 1. The highest BCUT2D eigenvalue weighted by Gasteiger charge is 2.42. The van der Waals surface area contributed by atoms with Crippen molar-refractivity contribution >= 4 is 5.91 Å². The largest absolute Gasteiger partial charge is 0.383 e. The Morgan fingerprint density at radius 1 is 1.33 bits per heavy atom.